The highest BCUT2D eigenvalue weighted by Gasteiger charge is 2.15. The predicted molar refractivity (Wildman–Crippen MR) is 46.9 cm³/mol. The minimum Gasteiger partial charge on any atom is -1.00 e. The van der Waals surface area contributed by atoms with Crippen LogP contribution in [0.15, 0.2) is 6.20 Å². The van der Waals surface area contributed by atoms with E-state index in [2.05, 4.69) is 6.92 Å². The Labute approximate surface area is 85.4 Å². The molecule has 1 rings (SSSR count). The Morgan fingerprint density at radius 1 is 1.54 bits per heavy atom. The Bertz CT molecular complexity index is 271. The quantitative estimate of drug-likeness (QED) is 0.575. The second kappa shape index (κ2) is 5.12. The zero-order valence-electron chi connectivity index (χ0n) is 8.42. The van der Waals surface area contributed by atoms with Crippen molar-refractivity contribution in [2.45, 2.75) is 33.2 Å². The summed E-state index contributed by atoms with van der Waals surface area (Å²) in [6.45, 7) is 5.04. The van der Waals surface area contributed by atoms with Crippen LogP contribution in [0.1, 0.15) is 25.5 Å². The van der Waals surface area contributed by atoms with Gasteiger partial charge in [0.05, 0.1) is 13.6 Å². The molecular weight excluding hydrogens is 188 g/mol. The smallest absolute Gasteiger partial charge is 0.453 e. The highest BCUT2D eigenvalue weighted by Crippen LogP contribution is 2.05. The Balaban J connectivity index is 0.00000144. The minimum atomic E-state index is 0. The van der Waals surface area contributed by atoms with Crippen LogP contribution in [0, 0.1) is 6.92 Å². The van der Waals surface area contributed by atoms with Crippen molar-refractivity contribution >= 4 is 0 Å². The number of aryl methyl sites for hydroxylation is 2. The molecule has 0 radical (unpaired) electrons. The average Bonchev–Trinajstić information content (AvgIpc) is 2.30. The number of aromatic nitrogens is 2. The van der Waals surface area contributed by atoms with E-state index in [1.807, 2.05) is 24.7 Å². The zero-order chi connectivity index (χ0) is 9.14. The summed E-state index contributed by atoms with van der Waals surface area (Å²) in [7, 11) is 1.87. The van der Waals surface area contributed by atoms with Gasteiger partial charge in [-0.05, 0) is 6.42 Å². The lowest BCUT2D eigenvalue weighted by Crippen LogP contribution is -3.00. The molecule has 1 aromatic rings. The topological polar surface area (TPSA) is 29.0 Å². The van der Waals surface area contributed by atoms with Gasteiger partial charge in [0.1, 0.15) is 11.9 Å². The van der Waals surface area contributed by atoms with E-state index < -0.39 is 0 Å². The van der Waals surface area contributed by atoms with Gasteiger partial charge in [0.25, 0.3) is 0 Å². The fourth-order valence-electron chi connectivity index (χ4n) is 1.21. The number of halogens is 1. The van der Waals surface area contributed by atoms with E-state index in [0.29, 0.717) is 6.01 Å². The summed E-state index contributed by atoms with van der Waals surface area (Å²) >= 11 is 0. The van der Waals surface area contributed by atoms with Crippen molar-refractivity contribution < 1.29 is 22.1 Å². The number of aromatic hydroxyl groups is 1. The van der Waals surface area contributed by atoms with E-state index >= 15 is 0 Å². The van der Waals surface area contributed by atoms with Crippen LogP contribution in [0.25, 0.3) is 0 Å². The Morgan fingerprint density at radius 3 is 2.54 bits per heavy atom. The predicted octanol–water partition coefficient (Wildman–Crippen LogP) is -1.87. The van der Waals surface area contributed by atoms with Gasteiger partial charge in [0, 0.05) is 6.92 Å². The van der Waals surface area contributed by atoms with Crippen molar-refractivity contribution in [3.63, 3.8) is 0 Å². The van der Waals surface area contributed by atoms with E-state index in [-0.39, 0.29) is 12.4 Å². The molecule has 0 saturated heterocycles. The highest BCUT2D eigenvalue weighted by atomic mass is 35.5. The molecular formula is C9H17ClN2O. The lowest BCUT2D eigenvalue weighted by Gasteiger charge is -1.93. The molecule has 0 aromatic carbocycles. The molecule has 3 nitrogen and oxygen atoms in total. The molecule has 1 N–H and O–H groups in total. The fourth-order valence-corrected chi connectivity index (χ4v) is 1.21. The first kappa shape index (κ1) is 12.3. The van der Waals surface area contributed by atoms with Gasteiger partial charge in [-0.25, -0.2) is 0 Å². The molecule has 0 bridgehead atoms. The molecule has 4 heteroatoms. The van der Waals surface area contributed by atoms with E-state index in [4.69, 9.17) is 0 Å². The zero-order valence-corrected chi connectivity index (χ0v) is 9.17. The van der Waals surface area contributed by atoms with Crippen LogP contribution in [0.5, 0.6) is 6.01 Å². The van der Waals surface area contributed by atoms with Gasteiger partial charge in [0.2, 0.25) is 0 Å². The minimum absolute atomic E-state index is 0. The second-order valence-corrected chi connectivity index (χ2v) is 3.18. The highest BCUT2D eigenvalue weighted by molar-refractivity contribution is 4.97. The van der Waals surface area contributed by atoms with Gasteiger partial charge in [-0.3, -0.25) is 0 Å². The molecule has 76 valence electrons. The van der Waals surface area contributed by atoms with Crippen molar-refractivity contribution in [1.82, 2.24) is 4.57 Å². The Kier molecular flexibility index (Phi) is 4.85. The molecule has 1 aromatic heterocycles. The second-order valence-electron chi connectivity index (χ2n) is 3.18. The summed E-state index contributed by atoms with van der Waals surface area (Å²) in [6, 6.07) is 0.348. The van der Waals surface area contributed by atoms with Gasteiger partial charge in [-0.2, -0.15) is 9.13 Å². The van der Waals surface area contributed by atoms with Crippen LogP contribution in [0.2, 0.25) is 0 Å². The van der Waals surface area contributed by atoms with Gasteiger partial charge in [-0.15, -0.1) is 0 Å². The Hall–Kier alpha value is -0.700. The fraction of sp³-hybridized carbons (Fsp3) is 0.667. The third-order valence-electron chi connectivity index (χ3n) is 2.18. The van der Waals surface area contributed by atoms with Crippen molar-refractivity contribution in [2.75, 3.05) is 0 Å². The maximum atomic E-state index is 9.57. The maximum Gasteiger partial charge on any atom is 0.453 e. The van der Waals surface area contributed by atoms with Gasteiger partial charge in [0.15, 0.2) is 0 Å². The molecule has 0 spiro atoms. The molecule has 13 heavy (non-hydrogen) atoms. The first-order chi connectivity index (χ1) is 5.66. The number of rotatable bonds is 3. The molecule has 0 aliphatic rings. The molecule has 0 atom stereocenters. The van der Waals surface area contributed by atoms with Crippen molar-refractivity contribution in [2.24, 2.45) is 7.05 Å². The summed E-state index contributed by atoms with van der Waals surface area (Å²) in [5, 5.41) is 9.57. The molecule has 0 unspecified atom stereocenters. The summed E-state index contributed by atoms with van der Waals surface area (Å²) in [5.41, 5.74) is 1.09. The molecule has 0 amide bonds. The third-order valence-corrected chi connectivity index (χ3v) is 2.18. The number of hydrogen-bond donors (Lipinski definition) is 1. The van der Waals surface area contributed by atoms with E-state index in [0.717, 1.165) is 25.1 Å². The van der Waals surface area contributed by atoms with E-state index in [1.54, 1.807) is 4.57 Å². The number of imidazole rings is 1. The maximum absolute atomic E-state index is 9.57. The number of hydrogen-bond acceptors (Lipinski definition) is 1. The van der Waals surface area contributed by atoms with Gasteiger partial charge < -0.3 is 17.5 Å². The summed E-state index contributed by atoms with van der Waals surface area (Å²) < 4.78 is 3.68. The molecule has 0 aliphatic heterocycles. The summed E-state index contributed by atoms with van der Waals surface area (Å²) in [5.74, 6) is 0. The number of nitrogens with zero attached hydrogens (tertiary/aromatic N) is 2. The average molecular weight is 205 g/mol. The van der Waals surface area contributed by atoms with Crippen LogP contribution >= 0.6 is 0 Å². The van der Waals surface area contributed by atoms with Crippen LogP contribution in [-0.4, -0.2) is 9.67 Å². The van der Waals surface area contributed by atoms with Gasteiger partial charge in [-0.1, -0.05) is 13.3 Å². The van der Waals surface area contributed by atoms with Crippen LogP contribution in [0.4, 0.5) is 0 Å². The Morgan fingerprint density at radius 2 is 2.15 bits per heavy atom. The third kappa shape index (κ3) is 2.62. The van der Waals surface area contributed by atoms with E-state index in [1.165, 1.54) is 0 Å². The molecule has 1 heterocycles. The first-order valence-electron chi connectivity index (χ1n) is 4.41. The van der Waals surface area contributed by atoms with Crippen LogP contribution < -0.4 is 17.0 Å². The molecule has 0 saturated carbocycles. The molecule has 0 fully saturated rings. The molecule has 0 aliphatic carbocycles. The number of unbranched alkanes of at least 4 members (excludes halogenated alkanes) is 1. The van der Waals surface area contributed by atoms with Crippen molar-refractivity contribution in [1.29, 1.82) is 0 Å². The SMILES string of the molecule is CCCC[n+]1cc(C)n(C)c1O.[Cl-]. The lowest BCUT2D eigenvalue weighted by molar-refractivity contribution is -0.702. The normalized spacial score (nSPS) is 9.77. The largest absolute Gasteiger partial charge is 1.00 e. The lowest BCUT2D eigenvalue weighted by atomic mass is 10.3. The van der Waals surface area contributed by atoms with Crippen LogP contribution in [0.3, 0.4) is 0 Å². The monoisotopic (exact) mass is 204 g/mol. The summed E-state index contributed by atoms with van der Waals surface area (Å²) in [6.07, 6.45) is 4.24. The first-order valence-corrected chi connectivity index (χ1v) is 4.41. The van der Waals surface area contributed by atoms with Crippen molar-refractivity contribution in [3.05, 3.63) is 11.9 Å². The summed E-state index contributed by atoms with van der Waals surface area (Å²) in [4.78, 5) is 0. The van der Waals surface area contributed by atoms with Crippen molar-refractivity contribution in [3.8, 4) is 6.01 Å². The standard InChI is InChI=1S/C9H16N2O.ClH/c1-4-5-6-11-7-8(2)10(3)9(11)12;/h7H,4-6H2,1-3H3;1H. The van der Waals surface area contributed by atoms with E-state index in [9.17, 15) is 5.11 Å². The van der Waals surface area contributed by atoms with Gasteiger partial charge >= 0.3 is 6.01 Å². The van der Waals surface area contributed by atoms with Crippen LogP contribution in [-0.2, 0) is 13.6 Å².